The van der Waals surface area contributed by atoms with Crippen molar-refractivity contribution in [2.45, 2.75) is 18.4 Å². The zero-order valence-electron chi connectivity index (χ0n) is 15.5. The van der Waals surface area contributed by atoms with E-state index in [1.165, 1.54) is 6.07 Å². The van der Waals surface area contributed by atoms with E-state index < -0.39 is 41.8 Å². The van der Waals surface area contributed by atoms with Crippen molar-refractivity contribution in [2.75, 3.05) is 0 Å². The highest BCUT2D eigenvalue weighted by Crippen LogP contribution is 2.28. The molecule has 0 fully saturated rings. The van der Waals surface area contributed by atoms with E-state index in [9.17, 15) is 18.4 Å². The quantitative estimate of drug-likeness (QED) is 0.645. The summed E-state index contributed by atoms with van der Waals surface area (Å²) in [7, 11) is 0. The maximum absolute atomic E-state index is 13.9. The molecule has 0 aromatic heterocycles. The van der Waals surface area contributed by atoms with E-state index >= 15 is 0 Å². The third-order valence-electron chi connectivity index (χ3n) is 4.67. The monoisotopic (exact) mass is 394 g/mol. The lowest BCUT2D eigenvalue weighted by Gasteiger charge is -2.27. The van der Waals surface area contributed by atoms with Crippen molar-refractivity contribution >= 4 is 11.8 Å². The summed E-state index contributed by atoms with van der Waals surface area (Å²) in [5, 5.41) is 2.57. The van der Waals surface area contributed by atoms with E-state index in [4.69, 9.17) is 5.73 Å². The Morgan fingerprint density at radius 3 is 1.72 bits per heavy atom. The van der Waals surface area contributed by atoms with Gasteiger partial charge in [-0.15, -0.1) is 0 Å². The first-order chi connectivity index (χ1) is 14.0. The molecule has 29 heavy (non-hydrogen) atoms. The fourth-order valence-electron chi connectivity index (χ4n) is 3.30. The van der Waals surface area contributed by atoms with Gasteiger partial charge < -0.3 is 11.1 Å². The highest BCUT2D eigenvalue weighted by Gasteiger charge is 2.31. The summed E-state index contributed by atoms with van der Waals surface area (Å²) in [4.78, 5) is 24.8. The van der Waals surface area contributed by atoms with Crippen LogP contribution in [0.15, 0.2) is 78.9 Å². The number of amides is 2. The molecule has 3 aromatic carbocycles. The zero-order valence-corrected chi connectivity index (χ0v) is 15.5. The molecule has 0 spiro atoms. The van der Waals surface area contributed by atoms with Crippen LogP contribution in [0.2, 0.25) is 0 Å². The van der Waals surface area contributed by atoms with Crippen LogP contribution in [-0.4, -0.2) is 17.9 Å². The van der Waals surface area contributed by atoms with Gasteiger partial charge in [-0.25, -0.2) is 8.78 Å². The van der Waals surface area contributed by atoms with Gasteiger partial charge in [-0.1, -0.05) is 66.7 Å². The highest BCUT2D eigenvalue weighted by molar-refractivity contribution is 5.89. The Kier molecular flexibility index (Phi) is 6.34. The molecule has 0 bridgehead atoms. The largest absolute Gasteiger partial charge is 0.368 e. The zero-order chi connectivity index (χ0) is 20.8. The predicted octanol–water partition coefficient (Wildman–Crippen LogP) is 3.31. The summed E-state index contributed by atoms with van der Waals surface area (Å²) in [6.07, 6.45) is -0.543. The smallest absolute Gasteiger partial charge is 0.240 e. The number of primary amides is 1. The van der Waals surface area contributed by atoms with Crippen molar-refractivity contribution in [1.82, 2.24) is 5.32 Å². The minimum Gasteiger partial charge on any atom is -0.368 e. The number of nitrogens with two attached hydrogens (primary N) is 1. The molecule has 0 saturated carbocycles. The fourth-order valence-corrected chi connectivity index (χ4v) is 3.30. The summed E-state index contributed by atoms with van der Waals surface area (Å²) < 4.78 is 27.8. The molecule has 0 aliphatic carbocycles. The molecule has 0 unspecified atom stereocenters. The summed E-state index contributed by atoms with van der Waals surface area (Å²) >= 11 is 0. The van der Waals surface area contributed by atoms with Gasteiger partial charge in [0.25, 0.3) is 0 Å². The SMILES string of the molecule is NC(=O)[C@@H](NC(=O)Cc1c(F)cccc1F)C(c1ccccc1)c1ccccc1. The Balaban J connectivity index is 1.92. The third-order valence-corrected chi connectivity index (χ3v) is 4.67. The van der Waals surface area contributed by atoms with E-state index in [0.717, 1.165) is 23.3 Å². The molecule has 4 nitrogen and oxygen atoms in total. The maximum Gasteiger partial charge on any atom is 0.240 e. The number of carbonyl (C=O) groups is 2. The summed E-state index contributed by atoms with van der Waals surface area (Å²) in [6, 6.07) is 20.6. The first-order valence-corrected chi connectivity index (χ1v) is 9.09. The van der Waals surface area contributed by atoms with Gasteiger partial charge >= 0.3 is 0 Å². The lowest BCUT2D eigenvalue weighted by molar-refractivity contribution is -0.127. The van der Waals surface area contributed by atoms with Gasteiger partial charge in [0.15, 0.2) is 0 Å². The first kappa shape index (κ1) is 20.2. The van der Waals surface area contributed by atoms with Crippen LogP contribution < -0.4 is 11.1 Å². The second kappa shape index (κ2) is 9.10. The van der Waals surface area contributed by atoms with Crippen molar-refractivity contribution in [3.8, 4) is 0 Å². The van der Waals surface area contributed by atoms with Crippen molar-refractivity contribution in [3.63, 3.8) is 0 Å². The minimum atomic E-state index is -1.10. The molecule has 0 saturated heterocycles. The van der Waals surface area contributed by atoms with Gasteiger partial charge in [0.2, 0.25) is 11.8 Å². The first-order valence-electron chi connectivity index (χ1n) is 9.09. The van der Waals surface area contributed by atoms with Crippen LogP contribution in [0.1, 0.15) is 22.6 Å². The van der Waals surface area contributed by atoms with Crippen LogP contribution in [0.3, 0.4) is 0 Å². The molecule has 0 aliphatic heterocycles. The molecule has 2 amide bonds. The Morgan fingerprint density at radius 2 is 1.28 bits per heavy atom. The van der Waals surface area contributed by atoms with Crippen molar-refractivity contribution in [3.05, 3.63) is 107 Å². The average molecular weight is 394 g/mol. The molecule has 0 heterocycles. The second-order valence-corrected chi connectivity index (χ2v) is 6.62. The van der Waals surface area contributed by atoms with Crippen LogP contribution in [0.25, 0.3) is 0 Å². The number of nitrogens with one attached hydrogen (secondary N) is 1. The molecule has 3 aromatic rings. The Morgan fingerprint density at radius 1 is 0.793 bits per heavy atom. The third kappa shape index (κ3) is 4.85. The van der Waals surface area contributed by atoms with Gasteiger partial charge in [0.05, 0.1) is 6.42 Å². The van der Waals surface area contributed by atoms with Gasteiger partial charge in [-0.2, -0.15) is 0 Å². The lowest BCUT2D eigenvalue weighted by atomic mass is 9.84. The molecular formula is C23H20F2N2O2. The van der Waals surface area contributed by atoms with Crippen LogP contribution >= 0.6 is 0 Å². The topological polar surface area (TPSA) is 72.2 Å². The fraction of sp³-hybridized carbons (Fsp3) is 0.130. The van der Waals surface area contributed by atoms with E-state index in [2.05, 4.69) is 5.32 Å². The van der Waals surface area contributed by atoms with E-state index in [1.807, 2.05) is 60.7 Å². The normalized spacial score (nSPS) is 11.8. The molecule has 0 aliphatic rings. The van der Waals surface area contributed by atoms with Crippen LogP contribution in [0.4, 0.5) is 8.78 Å². The van der Waals surface area contributed by atoms with Gasteiger partial charge in [0, 0.05) is 11.5 Å². The van der Waals surface area contributed by atoms with Gasteiger partial charge in [0.1, 0.15) is 17.7 Å². The molecule has 3 N–H and O–H groups in total. The summed E-state index contributed by atoms with van der Waals surface area (Å²) in [6.45, 7) is 0. The minimum absolute atomic E-state index is 0.357. The summed E-state index contributed by atoms with van der Waals surface area (Å²) in [5.74, 6) is -3.64. The number of hydrogen-bond acceptors (Lipinski definition) is 2. The Labute approximate surface area is 167 Å². The van der Waals surface area contributed by atoms with Crippen LogP contribution in [-0.2, 0) is 16.0 Å². The number of benzene rings is 3. The molecule has 148 valence electrons. The predicted molar refractivity (Wildman–Crippen MR) is 106 cm³/mol. The van der Waals surface area contributed by atoms with Crippen molar-refractivity contribution in [1.29, 1.82) is 0 Å². The Bertz CT molecular complexity index is 935. The van der Waals surface area contributed by atoms with Crippen LogP contribution in [0.5, 0.6) is 0 Å². The van der Waals surface area contributed by atoms with Gasteiger partial charge in [-0.05, 0) is 23.3 Å². The number of hydrogen-bond donors (Lipinski definition) is 2. The Hall–Kier alpha value is -3.54. The standard InChI is InChI=1S/C23H20F2N2O2/c24-18-12-7-13-19(25)17(18)14-20(28)27-22(23(26)29)21(15-8-3-1-4-9-15)16-10-5-2-6-11-16/h1-13,21-22H,14H2,(H2,26,29)(H,27,28)/t22-/m0/s1. The molecule has 6 heteroatoms. The molecule has 3 rings (SSSR count). The average Bonchev–Trinajstić information content (AvgIpc) is 2.72. The van der Waals surface area contributed by atoms with Crippen molar-refractivity contribution < 1.29 is 18.4 Å². The lowest BCUT2D eigenvalue weighted by Crippen LogP contribution is -2.49. The van der Waals surface area contributed by atoms with Crippen LogP contribution in [0, 0.1) is 11.6 Å². The number of carbonyl (C=O) groups excluding carboxylic acids is 2. The van der Waals surface area contributed by atoms with Crippen molar-refractivity contribution in [2.24, 2.45) is 5.73 Å². The highest BCUT2D eigenvalue weighted by atomic mass is 19.1. The van der Waals surface area contributed by atoms with E-state index in [-0.39, 0.29) is 5.56 Å². The maximum atomic E-state index is 13.9. The summed E-state index contributed by atoms with van der Waals surface area (Å²) in [5.41, 5.74) is 6.81. The molecular weight excluding hydrogens is 374 g/mol. The number of halogens is 2. The van der Waals surface area contributed by atoms with E-state index in [0.29, 0.717) is 0 Å². The second-order valence-electron chi connectivity index (χ2n) is 6.62. The van der Waals surface area contributed by atoms with Gasteiger partial charge in [-0.3, -0.25) is 9.59 Å². The molecule has 0 radical (unpaired) electrons. The van der Waals surface area contributed by atoms with E-state index in [1.54, 1.807) is 0 Å². The molecule has 1 atom stereocenters. The number of rotatable bonds is 7.